The summed E-state index contributed by atoms with van der Waals surface area (Å²) >= 11 is 0. The SMILES string of the molecule is CCn1cc(S(=O)(=O)NCc2cc(C)nc(N3CCCCC3)n2)nc1C. The van der Waals surface area contributed by atoms with Crippen molar-refractivity contribution in [1.29, 1.82) is 0 Å². The van der Waals surface area contributed by atoms with Gasteiger partial charge in [-0.2, -0.15) is 0 Å². The van der Waals surface area contributed by atoms with E-state index in [1.165, 1.54) is 6.42 Å². The maximum Gasteiger partial charge on any atom is 0.259 e. The fourth-order valence-electron chi connectivity index (χ4n) is 3.11. The van der Waals surface area contributed by atoms with E-state index in [-0.39, 0.29) is 11.6 Å². The Bertz CT molecular complexity index is 871. The molecule has 0 spiro atoms. The van der Waals surface area contributed by atoms with E-state index in [1.54, 1.807) is 17.7 Å². The number of rotatable bonds is 6. The second-order valence-corrected chi connectivity index (χ2v) is 8.30. The van der Waals surface area contributed by atoms with Gasteiger partial charge in [-0.25, -0.2) is 28.1 Å². The molecule has 1 fully saturated rings. The highest BCUT2D eigenvalue weighted by atomic mass is 32.2. The molecule has 0 bridgehead atoms. The Morgan fingerprint density at radius 2 is 1.85 bits per heavy atom. The molecule has 0 saturated carbocycles. The second-order valence-electron chi connectivity index (χ2n) is 6.59. The molecule has 0 radical (unpaired) electrons. The smallest absolute Gasteiger partial charge is 0.259 e. The summed E-state index contributed by atoms with van der Waals surface area (Å²) in [7, 11) is -3.68. The normalized spacial score (nSPS) is 15.4. The quantitative estimate of drug-likeness (QED) is 0.824. The molecule has 26 heavy (non-hydrogen) atoms. The van der Waals surface area contributed by atoms with Crippen LogP contribution in [0.1, 0.15) is 43.4 Å². The van der Waals surface area contributed by atoms with E-state index >= 15 is 0 Å². The van der Waals surface area contributed by atoms with Gasteiger partial charge in [0.25, 0.3) is 10.0 Å². The van der Waals surface area contributed by atoms with E-state index < -0.39 is 10.0 Å². The van der Waals surface area contributed by atoms with E-state index in [1.807, 2.05) is 19.9 Å². The van der Waals surface area contributed by atoms with Gasteiger partial charge in [0.15, 0.2) is 5.03 Å². The lowest BCUT2D eigenvalue weighted by Gasteiger charge is -2.27. The van der Waals surface area contributed by atoms with Crippen LogP contribution in [-0.2, 0) is 23.1 Å². The van der Waals surface area contributed by atoms with Crippen LogP contribution in [0.4, 0.5) is 5.95 Å². The summed E-state index contributed by atoms with van der Waals surface area (Å²) in [6.07, 6.45) is 5.07. The predicted octanol–water partition coefficient (Wildman–Crippen LogP) is 1.78. The van der Waals surface area contributed by atoms with Gasteiger partial charge in [-0.1, -0.05) is 0 Å². The average molecular weight is 379 g/mol. The maximum absolute atomic E-state index is 12.5. The Balaban J connectivity index is 1.75. The third-order valence-electron chi connectivity index (χ3n) is 4.55. The Morgan fingerprint density at radius 3 is 2.50 bits per heavy atom. The molecule has 2 aromatic rings. The number of nitrogens with one attached hydrogen (secondary N) is 1. The highest BCUT2D eigenvalue weighted by molar-refractivity contribution is 7.89. The van der Waals surface area contributed by atoms with E-state index in [0.717, 1.165) is 31.6 Å². The molecule has 142 valence electrons. The van der Waals surface area contributed by atoms with Gasteiger partial charge < -0.3 is 9.47 Å². The predicted molar refractivity (Wildman–Crippen MR) is 99.5 cm³/mol. The number of nitrogens with zero attached hydrogens (tertiary/aromatic N) is 5. The van der Waals surface area contributed by atoms with Crippen molar-refractivity contribution >= 4 is 16.0 Å². The highest BCUT2D eigenvalue weighted by Crippen LogP contribution is 2.17. The summed E-state index contributed by atoms with van der Waals surface area (Å²) in [5.41, 5.74) is 1.49. The van der Waals surface area contributed by atoms with Crippen LogP contribution in [0.25, 0.3) is 0 Å². The number of piperidine rings is 1. The molecule has 1 saturated heterocycles. The van der Waals surface area contributed by atoms with Crippen LogP contribution >= 0.6 is 0 Å². The lowest BCUT2D eigenvalue weighted by atomic mass is 10.1. The average Bonchev–Trinajstić information content (AvgIpc) is 3.02. The third-order valence-corrected chi connectivity index (χ3v) is 5.82. The minimum atomic E-state index is -3.68. The molecule has 9 heteroatoms. The second kappa shape index (κ2) is 7.71. The molecular formula is C17H26N6O2S. The summed E-state index contributed by atoms with van der Waals surface area (Å²) in [4.78, 5) is 15.4. The van der Waals surface area contributed by atoms with Crippen molar-refractivity contribution in [1.82, 2.24) is 24.2 Å². The first-order chi connectivity index (χ1) is 12.4. The largest absolute Gasteiger partial charge is 0.341 e. The number of hydrogen-bond donors (Lipinski definition) is 1. The molecule has 1 aliphatic heterocycles. The van der Waals surface area contributed by atoms with Crippen LogP contribution in [0.3, 0.4) is 0 Å². The fourth-order valence-corrected chi connectivity index (χ4v) is 4.12. The zero-order valence-electron chi connectivity index (χ0n) is 15.6. The van der Waals surface area contributed by atoms with Gasteiger partial charge in [0, 0.05) is 31.5 Å². The van der Waals surface area contributed by atoms with Gasteiger partial charge in [-0.05, 0) is 46.1 Å². The third kappa shape index (κ3) is 4.21. The molecule has 1 N–H and O–H groups in total. The molecule has 0 aromatic carbocycles. The molecule has 3 rings (SSSR count). The van der Waals surface area contributed by atoms with Crippen LogP contribution in [0, 0.1) is 13.8 Å². The number of aromatic nitrogens is 4. The van der Waals surface area contributed by atoms with Crippen molar-refractivity contribution in [3.63, 3.8) is 0 Å². The minimum absolute atomic E-state index is 0.0406. The van der Waals surface area contributed by atoms with E-state index in [9.17, 15) is 8.42 Å². The first kappa shape index (κ1) is 18.8. The van der Waals surface area contributed by atoms with Crippen LogP contribution in [0.15, 0.2) is 17.3 Å². The number of sulfonamides is 1. The minimum Gasteiger partial charge on any atom is -0.341 e. The number of anilines is 1. The van der Waals surface area contributed by atoms with Gasteiger partial charge in [0.05, 0.1) is 12.2 Å². The molecule has 2 aromatic heterocycles. The van der Waals surface area contributed by atoms with Crippen LogP contribution in [-0.4, -0.2) is 41.0 Å². The molecule has 8 nitrogen and oxygen atoms in total. The van der Waals surface area contributed by atoms with Gasteiger partial charge in [-0.15, -0.1) is 0 Å². The monoisotopic (exact) mass is 378 g/mol. The van der Waals surface area contributed by atoms with E-state index in [0.29, 0.717) is 24.0 Å². The van der Waals surface area contributed by atoms with Crippen LogP contribution in [0.2, 0.25) is 0 Å². The molecule has 1 aliphatic rings. The Morgan fingerprint density at radius 1 is 1.12 bits per heavy atom. The highest BCUT2D eigenvalue weighted by Gasteiger charge is 2.20. The van der Waals surface area contributed by atoms with Crippen molar-refractivity contribution in [3.8, 4) is 0 Å². The molecule has 0 atom stereocenters. The van der Waals surface area contributed by atoms with E-state index in [4.69, 9.17) is 0 Å². The molecule has 3 heterocycles. The van der Waals surface area contributed by atoms with Crippen molar-refractivity contribution in [2.75, 3.05) is 18.0 Å². The zero-order chi connectivity index (χ0) is 18.7. The maximum atomic E-state index is 12.5. The molecule has 0 unspecified atom stereocenters. The Kier molecular flexibility index (Phi) is 5.57. The summed E-state index contributed by atoms with van der Waals surface area (Å²) in [6, 6.07) is 1.81. The molecular weight excluding hydrogens is 352 g/mol. The van der Waals surface area contributed by atoms with Gasteiger partial charge in [0.1, 0.15) is 5.82 Å². The Hall–Kier alpha value is -2.00. The summed E-state index contributed by atoms with van der Waals surface area (Å²) in [5.74, 6) is 1.36. The van der Waals surface area contributed by atoms with Crippen molar-refractivity contribution < 1.29 is 8.42 Å². The van der Waals surface area contributed by atoms with Gasteiger partial charge in [0.2, 0.25) is 5.95 Å². The molecule has 0 amide bonds. The topological polar surface area (TPSA) is 93.0 Å². The van der Waals surface area contributed by atoms with Crippen molar-refractivity contribution in [2.24, 2.45) is 0 Å². The number of aryl methyl sites for hydroxylation is 3. The van der Waals surface area contributed by atoms with Crippen molar-refractivity contribution in [2.45, 2.75) is 58.1 Å². The summed E-state index contributed by atoms with van der Waals surface area (Å²) in [6.45, 7) is 8.33. The number of imidazole rings is 1. The fraction of sp³-hybridized carbons (Fsp3) is 0.588. The van der Waals surface area contributed by atoms with Gasteiger partial charge in [-0.3, -0.25) is 0 Å². The van der Waals surface area contributed by atoms with Crippen molar-refractivity contribution in [3.05, 3.63) is 29.5 Å². The van der Waals surface area contributed by atoms with E-state index in [2.05, 4.69) is 24.6 Å². The number of hydrogen-bond acceptors (Lipinski definition) is 6. The summed E-state index contributed by atoms with van der Waals surface area (Å²) < 4.78 is 29.4. The standard InChI is InChI=1S/C17H26N6O2S/c1-4-22-12-16(20-14(22)3)26(24,25)18-11-15-10-13(2)19-17(21-15)23-8-6-5-7-9-23/h10,12,18H,4-9,11H2,1-3H3. The Labute approximate surface area is 154 Å². The van der Waals surface area contributed by atoms with Gasteiger partial charge >= 0.3 is 0 Å². The lowest BCUT2D eigenvalue weighted by Crippen LogP contribution is -2.32. The zero-order valence-corrected chi connectivity index (χ0v) is 16.4. The van der Waals surface area contributed by atoms with Crippen LogP contribution in [0.5, 0.6) is 0 Å². The first-order valence-electron chi connectivity index (χ1n) is 9.02. The first-order valence-corrected chi connectivity index (χ1v) is 10.5. The lowest BCUT2D eigenvalue weighted by molar-refractivity contribution is 0.565. The summed E-state index contributed by atoms with van der Waals surface area (Å²) in [5, 5.41) is 0.0406. The van der Waals surface area contributed by atoms with Crippen LogP contribution < -0.4 is 9.62 Å². The molecule has 0 aliphatic carbocycles.